The molecule has 1 aromatic carbocycles. The average molecular weight is 292 g/mol. The number of anilines is 1. The van der Waals surface area contributed by atoms with Crippen LogP contribution in [0.2, 0.25) is 0 Å². The van der Waals surface area contributed by atoms with Gasteiger partial charge in [-0.3, -0.25) is 14.9 Å². The molecule has 0 saturated heterocycles. The van der Waals surface area contributed by atoms with E-state index in [1.54, 1.807) is 0 Å². The number of aliphatic hydroxyl groups excluding tert-OH is 1. The summed E-state index contributed by atoms with van der Waals surface area (Å²) in [6, 6.07) is 2.31. The molecule has 0 radical (unpaired) electrons. The van der Waals surface area contributed by atoms with Crippen LogP contribution in [0.3, 0.4) is 0 Å². The Labute approximate surface area is 120 Å². The summed E-state index contributed by atoms with van der Waals surface area (Å²) in [5.41, 5.74) is -0.0667. The Morgan fingerprint density at radius 1 is 1.48 bits per heavy atom. The highest BCUT2D eigenvalue weighted by Crippen LogP contribution is 2.29. The van der Waals surface area contributed by atoms with Crippen molar-refractivity contribution in [1.29, 1.82) is 0 Å². The average Bonchev–Trinajstić information content (AvgIpc) is 2.43. The van der Waals surface area contributed by atoms with Crippen LogP contribution in [0.25, 0.3) is 10.9 Å². The molecule has 0 aliphatic rings. The smallest absolute Gasteiger partial charge is 0.293 e. The minimum atomic E-state index is -0.566. The summed E-state index contributed by atoms with van der Waals surface area (Å²) in [7, 11) is 0. The number of aromatic amines is 1. The van der Waals surface area contributed by atoms with E-state index >= 15 is 0 Å². The largest absolute Gasteiger partial charge is 0.394 e. The number of hydrogen-bond donors (Lipinski definition) is 3. The second-order valence-corrected chi connectivity index (χ2v) is 5.05. The lowest BCUT2D eigenvalue weighted by Crippen LogP contribution is -2.29. The number of nitrogens with one attached hydrogen (secondary N) is 2. The monoisotopic (exact) mass is 292 g/mol. The standard InChI is InChI=1S/C13H16N4O4/c1-7(2)11(5-18)16-10-4-9-8(3-12(10)17(20)21)13(19)15-6-14-9/h3-4,6-7,11,16,18H,5H2,1-2H3,(H,14,15,19)/t11-/m1/s1. The maximum atomic E-state index is 11.7. The van der Waals surface area contributed by atoms with Crippen LogP contribution in [0.15, 0.2) is 23.3 Å². The van der Waals surface area contributed by atoms with Gasteiger partial charge in [-0.05, 0) is 12.0 Å². The van der Waals surface area contributed by atoms with Crippen LogP contribution in [0.1, 0.15) is 13.8 Å². The van der Waals surface area contributed by atoms with Crippen molar-refractivity contribution in [2.45, 2.75) is 19.9 Å². The molecule has 0 spiro atoms. The Hall–Kier alpha value is -2.48. The molecule has 3 N–H and O–H groups in total. The van der Waals surface area contributed by atoms with Gasteiger partial charge in [0.05, 0.1) is 34.8 Å². The highest BCUT2D eigenvalue weighted by atomic mass is 16.6. The van der Waals surface area contributed by atoms with Crippen LogP contribution in [0.4, 0.5) is 11.4 Å². The number of H-pyrrole nitrogens is 1. The molecule has 0 unspecified atom stereocenters. The van der Waals surface area contributed by atoms with Gasteiger partial charge in [0.1, 0.15) is 5.69 Å². The van der Waals surface area contributed by atoms with Crippen molar-refractivity contribution in [3.63, 3.8) is 0 Å². The summed E-state index contributed by atoms with van der Waals surface area (Å²) in [4.78, 5) is 28.7. The first-order chi connectivity index (χ1) is 9.93. The topological polar surface area (TPSA) is 121 Å². The first-order valence-electron chi connectivity index (χ1n) is 6.47. The molecule has 0 saturated carbocycles. The Bertz CT molecular complexity index is 726. The second-order valence-electron chi connectivity index (χ2n) is 5.05. The Morgan fingerprint density at radius 2 is 2.19 bits per heavy atom. The third-order valence-corrected chi connectivity index (χ3v) is 3.30. The van der Waals surface area contributed by atoms with Crippen molar-refractivity contribution < 1.29 is 10.0 Å². The van der Waals surface area contributed by atoms with E-state index in [-0.39, 0.29) is 35.3 Å². The van der Waals surface area contributed by atoms with E-state index < -0.39 is 10.5 Å². The normalized spacial score (nSPS) is 12.6. The number of aliphatic hydroxyl groups is 1. The molecular weight excluding hydrogens is 276 g/mol. The fraction of sp³-hybridized carbons (Fsp3) is 0.385. The van der Waals surface area contributed by atoms with Crippen molar-refractivity contribution >= 4 is 22.3 Å². The third kappa shape index (κ3) is 3.00. The van der Waals surface area contributed by atoms with Gasteiger partial charge < -0.3 is 15.4 Å². The van der Waals surface area contributed by atoms with Gasteiger partial charge in [0.25, 0.3) is 11.2 Å². The molecule has 0 aliphatic carbocycles. The summed E-state index contributed by atoms with van der Waals surface area (Å²) in [5.74, 6) is 0.0810. The predicted molar refractivity (Wildman–Crippen MR) is 78.4 cm³/mol. The van der Waals surface area contributed by atoms with Crippen LogP contribution < -0.4 is 10.9 Å². The van der Waals surface area contributed by atoms with Crippen LogP contribution in [-0.4, -0.2) is 32.6 Å². The maximum Gasteiger partial charge on any atom is 0.293 e. The van der Waals surface area contributed by atoms with Gasteiger partial charge in [-0.2, -0.15) is 0 Å². The van der Waals surface area contributed by atoms with Gasteiger partial charge in [-0.15, -0.1) is 0 Å². The van der Waals surface area contributed by atoms with E-state index in [1.807, 2.05) is 13.8 Å². The summed E-state index contributed by atoms with van der Waals surface area (Å²) in [5, 5.41) is 23.6. The Kier molecular flexibility index (Phi) is 4.18. The number of fused-ring (bicyclic) bond motifs is 1. The van der Waals surface area contributed by atoms with Gasteiger partial charge in [-0.25, -0.2) is 4.98 Å². The minimum Gasteiger partial charge on any atom is -0.394 e. The van der Waals surface area contributed by atoms with Crippen LogP contribution >= 0.6 is 0 Å². The number of hydrogen-bond acceptors (Lipinski definition) is 6. The van der Waals surface area contributed by atoms with Gasteiger partial charge >= 0.3 is 0 Å². The van der Waals surface area contributed by atoms with Gasteiger partial charge in [0.15, 0.2) is 0 Å². The number of aromatic nitrogens is 2. The van der Waals surface area contributed by atoms with Crippen LogP contribution in [-0.2, 0) is 0 Å². The zero-order valence-corrected chi connectivity index (χ0v) is 11.7. The van der Waals surface area contributed by atoms with E-state index in [1.165, 1.54) is 18.5 Å². The lowest BCUT2D eigenvalue weighted by Gasteiger charge is -2.21. The maximum absolute atomic E-state index is 11.7. The van der Waals surface area contributed by atoms with Gasteiger partial charge in [0, 0.05) is 6.07 Å². The number of nitro groups is 1. The first-order valence-corrected chi connectivity index (χ1v) is 6.47. The van der Waals surface area contributed by atoms with Gasteiger partial charge in [-0.1, -0.05) is 13.8 Å². The number of nitrogens with zero attached hydrogens (tertiary/aromatic N) is 2. The zero-order valence-electron chi connectivity index (χ0n) is 11.7. The van der Waals surface area contributed by atoms with Crippen molar-refractivity contribution in [2.75, 3.05) is 11.9 Å². The van der Waals surface area contributed by atoms with Crippen LogP contribution in [0.5, 0.6) is 0 Å². The Morgan fingerprint density at radius 3 is 2.76 bits per heavy atom. The van der Waals surface area contributed by atoms with Crippen LogP contribution in [0, 0.1) is 16.0 Å². The first kappa shape index (κ1) is 14.9. The highest BCUT2D eigenvalue weighted by molar-refractivity contribution is 5.86. The van der Waals surface area contributed by atoms with Crippen molar-refractivity contribution in [3.8, 4) is 0 Å². The summed E-state index contributed by atoms with van der Waals surface area (Å²) in [6.45, 7) is 3.63. The molecule has 2 aromatic rings. The van der Waals surface area contributed by atoms with E-state index in [4.69, 9.17) is 0 Å². The molecule has 21 heavy (non-hydrogen) atoms. The summed E-state index contributed by atoms with van der Waals surface area (Å²) in [6.07, 6.45) is 1.24. The molecule has 0 fully saturated rings. The molecule has 112 valence electrons. The lowest BCUT2D eigenvalue weighted by molar-refractivity contribution is -0.383. The second kappa shape index (κ2) is 5.88. The SMILES string of the molecule is CC(C)[C@@H](CO)Nc1cc2nc[nH]c(=O)c2cc1[N+](=O)[O-]. The molecule has 1 heterocycles. The van der Waals surface area contributed by atoms with E-state index in [9.17, 15) is 20.0 Å². The predicted octanol–water partition coefficient (Wildman–Crippen LogP) is 1.26. The molecule has 8 nitrogen and oxygen atoms in total. The quantitative estimate of drug-likeness (QED) is 0.563. The zero-order chi connectivity index (χ0) is 15.6. The molecule has 8 heteroatoms. The fourth-order valence-corrected chi connectivity index (χ4v) is 1.99. The molecule has 1 atom stereocenters. The van der Waals surface area contributed by atoms with E-state index in [2.05, 4.69) is 15.3 Å². The third-order valence-electron chi connectivity index (χ3n) is 3.30. The number of benzene rings is 1. The van der Waals surface area contributed by atoms with E-state index in [0.29, 0.717) is 5.52 Å². The number of rotatable bonds is 5. The molecule has 0 bridgehead atoms. The highest BCUT2D eigenvalue weighted by Gasteiger charge is 2.21. The minimum absolute atomic E-state index is 0.0810. The molecular formula is C13H16N4O4. The fourth-order valence-electron chi connectivity index (χ4n) is 1.99. The van der Waals surface area contributed by atoms with E-state index in [0.717, 1.165) is 0 Å². The van der Waals surface area contributed by atoms with Gasteiger partial charge in [0.2, 0.25) is 0 Å². The summed E-state index contributed by atoms with van der Waals surface area (Å²) < 4.78 is 0. The molecule has 0 aliphatic heterocycles. The Balaban J connectivity index is 2.58. The molecule has 1 aromatic heterocycles. The molecule has 0 amide bonds. The van der Waals surface area contributed by atoms with Crippen molar-refractivity contribution in [1.82, 2.24) is 9.97 Å². The van der Waals surface area contributed by atoms with Crippen molar-refractivity contribution in [2.24, 2.45) is 5.92 Å². The lowest BCUT2D eigenvalue weighted by atomic mass is 10.0. The van der Waals surface area contributed by atoms with Crippen molar-refractivity contribution in [3.05, 3.63) is 38.9 Å². The summed E-state index contributed by atoms with van der Waals surface area (Å²) >= 11 is 0. The molecule has 2 rings (SSSR count). The number of nitro benzene ring substituents is 1.